The molecule has 1 N–H and O–H groups in total. The van der Waals surface area contributed by atoms with Gasteiger partial charge < -0.3 is 5.32 Å². The topological polar surface area (TPSA) is 29.1 Å². The summed E-state index contributed by atoms with van der Waals surface area (Å²) in [4.78, 5) is 12.1. The number of hydrogen-bond acceptors (Lipinski definition) is 1. The minimum Gasteiger partial charge on any atom is -0.352 e. The lowest BCUT2D eigenvalue weighted by Gasteiger charge is -2.26. The molecule has 3 heteroatoms. The lowest BCUT2D eigenvalue weighted by Crippen LogP contribution is -2.27. The first-order valence-electron chi connectivity index (χ1n) is 7.60. The smallest absolute Gasteiger partial charge is 0.252 e. The van der Waals surface area contributed by atoms with Gasteiger partial charge in [0.25, 0.3) is 5.91 Å². The molecule has 20 heavy (non-hydrogen) atoms. The number of carbonyl (C=O) groups excluding carboxylic acids is 1. The van der Waals surface area contributed by atoms with Gasteiger partial charge in [-0.3, -0.25) is 4.79 Å². The van der Waals surface area contributed by atoms with Gasteiger partial charge in [-0.15, -0.1) is 0 Å². The van der Waals surface area contributed by atoms with Crippen molar-refractivity contribution in [1.82, 2.24) is 5.32 Å². The lowest BCUT2D eigenvalue weighted by molar-refractivity contribution is 0.0949. The van der Waals surface area contributed by atoms with E-state index in [2.05, 4.69) is 28.2 Å². The molecule has 110 valence electrons. The second-order valence-electron chi connectivity index (χ2n) is 6.17. The second kappa shape index (κ2) is 7.26. The van der Waals surface area contributed by atoms with E-state index >= 15 is 0 Å². The Morgan fingerprint density at radius 3 is 2.90 bits per heavy atom. The van der Waals surface area contributed by atoms with E-state index in [1.807, 2.05) is 25.1 Å². The Bertz CT molecular complexity index is 472. The number of aryl methyl sites for hydroxylation is 1. The van der Waals surface area contributed by atoms with Crippen molar-refractivity contribution in [2.45, 2.75) is 46.0 Å². The summed E-state index contributed by atoms with van der Waals surface area (Å²) in [5, 5.41) is 3.05. The monoisotopic (exact) mass is 337 g/mol. The number of amides is 1. The molecule has 1 aliphatic carbocycles. The maximum Gasteiger partial charge on any atom is 0.252 e. The zero-order chi connectivity index (χ0) is 14.5. The Labute approximate surface area is 130 Å². The molecule has 0 heterocycles. The quantitative estimate of drug-likeness (QED) is 0.847. The zero-order valence-corrected chi connectivity index (χ0v) is 14.0. The summed E-state index contributed by atoms with van der Waals surface area (Å²) >= 11 is 3.46. The normalized spacial score (nSPS) is 22.6. The van der Waals surface area contributed by atoms with Gasteiger partial charge in [0.15, 0.2) is 0 Å². The van der Waals surface area contributed by atoms with Crippen LogP contribution in [0, 0.1) is 18.8 Å². The van der Waals surface area contributed by atoms with Crippen molar-refractivity contribution in [2.24, 2.45) is 11.8 Å². The second-order valence-corrected chi connectivity index (χ2v) is 7.02. The molecule has 1 amide bonds. The van der Waals surface area contributed by atoms with E-state index in [-0.39, 0.29) is 5.91 Å². The molecule has 0 spiro atoms. The largest absolute Gasteiger partial charge is 0.352 e. The Kier molecular flexibility index (Phi) is 5.64. The number of hydrogen-bond donors (Lipinski definition) is 1. The fraction of sp³-hybridized carbons (Fsp3) is 0.588. The van der Waals surface area contributed by atoms with Crippen molar-refractivity contribution in [1.29, 1.82) is 0 Å². The Morgan fingerprint density at radius 2 is 2.20 bits per heavy atom. The van der Waals surface area contributed by atoms with Crippen LogP contribution in [0.15, 0.2) is 22.7 Å². The predicted octanol–water partition coefficient (Wildman–Crippen LogP) is 4.70. The summed E-state index contributed by atoms with van der Waals surface area (Å²) in [7, 11) is 0. The van der Waals surface area contributed by atoms with Gasteiger partial charge in [0.05, 0.1) is 5.56 Å². The number of rotatable bonds is 4. The summed E-state index contributed by atoms with van der Waals surface area (Å²) in [5.41, 5.74) is 1.89. The molecule has 0 aliphatic heterocycles. The molecule has 0 aromatic heterocycles. The van der Waals surface area contributed by atoms with Gasteiger partial charge in [0, 0.05) is 11.0 Å². The van der Waals surface area contributed by atoms with Gasteiger partial charge >= 0.3 is 0 Å². The van der Waals surface area contributed by atoms with Crippen LogP contribution in [-0.2, 0) is 0 Å². The van der Waals surface area contributed by atoms with Crippen LogP contribution in [0.5, 0.6) is 0 Å². The van der Waals surface area contributed by atoms with Crippen LogP contribution < -0.4 is 5.32 Å². The summed E-state index contributed by atoms with van der Waals surface area (Å²) in [6, 6.07) is 5.84. The number of benzene rings is 1. The van der Waals surface area contributed by atoms with Gasteiger partial charge in [0.2, 0.25) is 0 Å². The highest BCUT2D eigenvalue weighted by Gasteiger charge is 2.18. The van der Waals surface area contributed by atoms with E-state index in [4.69, 9.17) is 0 Å². The SMILES string of the molecule is Cc1ccc(C(=O)NCCC2CCCC(C)C2)c(Br)c1. The average molecular weight is 338 g/mol. The van der Waals surface area contributed by atoms with Gasteiger partial charge in [0.1, 0.15) is 0 Å². The van der Waals surface area contributed by atoms with E-state index in [0.717, 1.165) is 40.4 Å². The van der Waals surface area contributed by atoms with Crippen LogP contribution in [-0.4, -0.2) is 12.5 Å². The van der Waals surface area contributed by atoms with Crippen molar-refractivity contribution in [3.8, 4) is 0 Å². The first-order chi connectivity index (χ1) is 9.56. The Morgan fingerprint density at radius 1 is 1.40 bits per heavy atom. The van der Waals surface area contributed by atoms with Crippen LogP contribution in [0.3, 0.4) is 0 Å². The molecule has 1 aromatic carbocycles. The van der Waals surface area contributed by atoms with Crippen LogP contribution in [0.4, 0.5) is 0 Å². The summed E-state index contributed by atoms with van der Waals surface area (Å²) in [6.07, 6.45) is 6.49. The zero-order valence-electron chi connectivity index (χ0n) is 12.4. The van der Waals surface area contributed by atoms with Crippen LogP contribution in [0.1, 0.15) is 54.9 Å². The summed E-state index contributed by atoms with van der Waals surface area (Å²) < 4.78 is 0.876. The molecule has 1 saturated carbocycles. The van der Waals surface area contributed by atoms with Gasteiger partial charge in [-0.2, -0.15) is 0 Å². The summed E-state index contributed by atoms with van der Waals surface area (Å²) in [5.74, 6) is 1.68. The van der Waals surface area contributed by atoms with Crippen LogP contribution in [0.2, 0.25) is 0 Å². The highest BCUT2D eigenvalue weighted by atomic mass is 79.9. The first kappa shape index (κ1) is 15.6. The Hall–Kier alpha value is -0.830. The third-order valence-corrected chi connectivity index (χ3v) is 4.91. The van der Waals surface area contributed by atoms with E-state index < -0.39 is 0 Å². The fourth-order valence-corrected chi connectivity index (χ4v) is 3.78. The van der Waals surface area contributed by atoms with E-state index in [9.17, 15) is 4.79 Å². The van der Waals surface area contributed by atoms with Crippen LogP contribution >= 0.6 is 15.9 Å². The number of carbonyl (C=O) groups is 1. The standard InChI is InChI=1S/C17H24BrNO/c1-12-4-3-5-14(10-12)8-9-19-17(20)15-7-6-13(2)11-16(15)18/h6-7,11-12,14H,3-5,8-10H2,1-2H3,(H,19,20). The molecule has 1 aliphatic rings. The first-order valence-corrected chi connectivity index (χ1v) is 8.40. The van der Waals surface area contributed by atoms with E-state index in [0.29, 0.717) is 0 Å². The van der Waals surface area contributed by atoms with Gasteiger partial charge in [-0.05, 0) is 65.2 Å². The highest BCUT2D eigenvalue weighted by Crippen LogP contribution is 2.30. The van der Waals surface area contributed by atoms with Gasteiger partial charge in [-0.25, -0.2) is 0 Å². The number of nitrogens with one attached hydrogen (secondary N) is 1. The van der Waals surface area contributed by atoms with E-state index in [1.54, 1.807) is 0 Å². The summed E-state index contributed by atoms with van der Waals surface area (Å²) in [6.45, 7) is 5.15. The molecular formula is C17H24BrNO. The van der Waals surface area contributed by atoms with Crippen LogP contribution in [0.25, 0.3) is 0 Å². The predicted molar refractivity (Wildman–Crippen MR) is 87.0 cm³/mol. The minimum atomic E-state index is 0.0285. The van der Waals surface area contributed by atoms with E-state index in [1.165, 1.54) is 25.7 Å². The molecule has 1 fully saturated rings. The van der Waals surface area contributed by atoms with Crippen molar-refractivity contribution in [3.05, 3.63) is 33.8 Å². The third-order valence-electron chi connectivity index (χ3n) is 4.25. The maximum absolute atomic E-state index is 12.1. The highest BCUT2D eigenvalue weighted by molar-refractivity contribution is 9.10. The molecule has 2 atom stereocenters. The maximum atomic E-state index is 12.1. The van der Waals surface area contributed by atoms with Crippen molar-refractivity contribution >= 4 is 21.8 Å². The molecule has 0 radical (unpaired) electrons. The molecule has 2 nitrogen and oxygen atoms in total. The number of halogens is 1. The van der Waals surface area contributed by atoms with Crippen molar-refractivity contribution < 1.29 is 4.79 Å². The molecular weight excluding hydrogens is 314 g/mol. The average Bonchev–Trinajstić information content (AvgIpc) is 2.38. The molecule has 2 unspecified atom stereocenters. The lowest BCUT2D eigenvalue weighted by atomic mass is 9.81. The fourth-order valence-electron chi connectivity index (χ4n) is 3.11. The van der Waals surface area contributed by atoms with Gasteiger partial charge in [-0.1, -0.05) is 32.3 Å². The molecule has 0 saturated heterocycles. The van der Waals surface area contributed by atoms with Crippen molar-refractivity contribution in [3.63, 3.8) is 0 Å². The molecule has 2 rings (SSSR count). The molecule has 1 aromatic rings. The molecule has 0 bridgehead atoms. The third kappa shape index (κ3) is 4.34. The Balaban J connectivity index is 1.80. The van der Waals surface area contributed by atoms with Crippen molar-refractivity contribution in [2.75, 3.05) is 6.54 Å². The minimum absolute atomic E-state index is 0.0285.